The van der Waals surface area contributed by atoms with Gasteiger partial charge in [-0.15, -0.1) is 69.1 Å². The molecule has 6 rings (SSSR count). The van der Waals surface area contributed by atoms with Gasteiger partial charge in [0.2, 0.25) is 0 Å². The van der Waals surface area contributed by atoms with Crippen molar-refractivity contribution in [2.45, 2.75) is 67.5 Å². The van der Waals surface area contributed by atoms with Gasteiger partial charge in [-0.25, -0.2) is 0 Å². The van der Waals surface area contributed by atoms with Crippen LogP contribution in [-0.4, -0.2) is 9.52 Å². The van der Waals surface area contributed by atoms with Crippen LogP contribution in [0.1, 0.15) is 47.2 Å². The quantitative estimate of drug-likeness (QED) is 0.126. The zero-order chi connectivity index (χ0) is 32.2. The minimum absolute atomic E-state index is 0.826. The van der Waals surface area contributed by atoms with E-state index in [4.69, 9.17) is 17.0 Å². The van der Waals surface area contributed by atoms with Crippen LogP contribution >= 0.6 is 17.0 Å². The fraction of sp³-hybridized carbons (Fsp3) is 0.250. The van der Waals surface area contributed by atoms with E-state index in [2.05, 4.69) is 152 Å². The van der Waals surface area contributed by atoms with E-state index >= 15 is 0 Å². The van der Waals surface area contributed by atoms with Gasteiger partial charge in [0.05, 0.1) is 0 Å². The Kier molecular flexibility index (Phi) is 14.9. The second-order valence-electron chi connectivity index (χ2n) is 11.4. The fourth-order valence-corrected chi connectivity index (χ4v) is 5.77. The molecular weight excluding hydrogens is 671 g/mol. The van der Waals surface area contributed by atoms with E-state index in [9.17, 15) is 0 Å². The molecular formula is C40H44Cl2SiZr. The minimum atomic E-state index is -0.826. The SMILES string of the molecule is CCc1cc2c(-c3cc(C)cc(C)c3)cccc2[cH-]1.CCc1cc2c(-c3cc(C)cc(C)c3)cccc2[cH-]1.C[Si]C.[Cl][Zr+2][Cl]. The molecule has 0 fully saturated rings. The Bertz CT molecular complexity index is 1600. The first kappa shape index (κ1) is 36.3. The van der Waals surface area contributed by atoms with Crippen molar-refractivity contribution in [2.75, 3.05) is 0 Å². The normalized spacial score (nSPS) is 10.2. The van der Waals surface area contributed by atoms with Crippen molar-refractivity contribution in [1.82, 2.24) is 0 Å². The van der Waals surface area contributed by atoms with Gasteiger partial charge >= 0.3 is 37.9 Å². The number of rotatable bonds is 4. The van der Waals surface area contributed by atoms with Crippen LogP contribution in [-0.2, 0) is 33.7 Å². The van der Waals surface area contributed by atoms with Crippen LogP contribution in [0.5, 0.6) is 0 Å². The van der Waals surface area contributed by atoms with Crippen molar-refractivity contribution in [2.24, 2.45) is 0 Å². The Morgan fingerprint density at radius 2 is 0.886 bits per heavy atom. The molecule has 0 spiro atoms. The molecule has 6 aromatic rings. The fourth-order valence-electron chi connectivity index (χ4n) is 5.77. The molecule has 0 aliphatic carbocycles. The summed E-state index contributed by atoms with van der Waals surface area (Å²) in [5, 5.41) is 5.47. The van der Waals surface area contributed by atoms with Gasteiger partial charge in [0.25, 0.3) is 0 Å². The van der Waals surface area contributed by atoms with Gasteiger partial charge in [-0.2, -0.15) is 12.1 Å². The van der Waals surface area contributed by atoms with Gasteiger partial charge in [-0.1, -0.05) is 109 Å². The monoisotopic (exact) mass is 712 g/mol. The van der Waals surface area contributed by atoms with Gasteiger partial charge in [0.1, 0.15) is 0 Å². The predicted octanol–water partition coefficient (Wildman–Crippen LogP) is 13.0. The van der Waals surface area contributed by atoms with Gasteiger partial charge in [0.15, 0.2) is 0 Å². The van der Waals surface area contributed by atoms with E-state index < -0.39 is 20.8 Å². The zero-order valence-electron chi connectivity index (χ0n) is 27.4. The van der Waals surface area contributed by atoms with Crippen molar-refractivity contribution >= 4 is 48.1 Å². The zero-order valence-corrected chi connectivity index (χ0v) is 32.4. The summed E-state index contributed by atoms with van der Waals surface area (Å²) in [5.74, 6) is 0. The van der Waals surface area contributed by atoms with E-state index in [1.165, 1.54) is 77.2 Å². The summed E-state index contributed by atoms with van der Waals surface area (Å²) < 4.78 is 0. The topological polar surface area (TPSA) is 0 Å². The maximum atomic E-state index is 4.93. The Labute approximate surface area is 287 Å². The average molecular weight is 715 g/mol. The van der Waals surface area contributed by atoms with Crippen molar-refractivity contribution in [3.63, 3.8) is 0 Å². The summed E-state index contributed by atoms with van der Waals surface area (Å²) in [4.78, 5) is 0. The van der Waals surface area contributed by atoms with E-state index in [1.54, 1.807) is 0 Å². The first-order chi connectivity index (χ1) is 21.2. The van der Waals surface area contributed by atoms with Crippen LogP contribution < -0.4 is 0 Å². The second kappa shape index (κ2) is 18.1. The predicted molar refractivity (Wildman–Crippen MR) is 197 cm³/mol. The molecule has 0 N–H and O–H groups in total. The molecule has 4 heteroatoms. The molecule has 44 heavy (non-hydrogen) atoms. The Hall–Kier alpha value is -2.22. The molecule has 0 saturated heterocycles. The third kappa shape index (κ3) is 9.89. The number of hydrogen-bond acceptors (Lipinski definition) is 0. The molecule has 0 unspecified atom stereocenters. The summed E-state index contributed by atoms with van der Waals surface area (Å²) in [6, 6.07) is 36.1. The first-order valence-corrected chi connectivity index (χ1v) is 23.6. The summed E-state index contributed by atoms with van der Waals surface area (Å²) in [6.45, 7) is 17.4. The van der Waals surface area contributed by atoms with Crippen LogP contribution in [0, 0.1) is 27.7 Å². The Balaban J connectivity index is 0.000000204. The average Bonchev–Trinajstić information content (AvgIpc) is 3.61. The second-order valence-corrected chi connectivity index (χ2v) is 16.1. The van der Waals surface area contributed by atoms with E-state index in [1.807, 2.05) is 0 Å². The van der Waals surface area contributed by atoms with Crippen molar-refractivity contribution in [3.05, 3.63) is 130 Å². The molecule has 6 aromatic carbocycles. The van der Waals surface area contributed by atoms with Gasteiger partial charge in [0, 0.05) is 9.52 Å². The summed E-state index contributed by atoms with van der Waals surface area (Å²) >= 11 is -0.826. The van der Waals surface area contributed by atoms with Crippen molar-refractivity contribution in [1.29, 1.82) is 0 Å². The van der Waals surface area contributed by atoms with Gasteiger partial charge in [-0.3, -0.25) is 0 Å². The molecule has 2 radical (unpaired) electrons. The molecule has 0 saturated carbocycles. The van der Waals surface area contributed by atoms with Crippen LogP contribution in [0.15, 0.2) is 97.1 Å². The van der Waals surface area contributed by atoms with Gasteiger partial charge in [-0.05, 0) is 51.7 Å². The van der Waals surface area contributed by atoms with E-state index in [0.717, 1.165) is 22.4 Å². The van der Waals surface area contributed by atoms with Crippen LogP contribution in [0.4, 0.5) is 0 Å². The third-order valence-corrected chi connectivity index (χ3v) is 7.50. The number of aryl methyl sites for hydroxylation is 6. The molecule has 0 aliphatic heterocycles. The summed E-state index contributed by atoms with van der Waals surface area (Å²) in [6.07, 6.45) is 2.20. The Morgan fingerprint density at radius 3 is 1.18 bits per heavy atom. The molecule has 0 aliphatic rings. The number of halogens is 2. The number of hydrogen-bond donors (Lipinski definition) is 0. The van der Waals surface area contributed by atoms with Gasteiger partial charge < -0.3 is 0 Å². The standard InChI is InChI=1S/2C19H19.C2H6Si.2ClH.Zr/c2*1-4-15-11-16-6-5-7-18(19(16)12-15)17-9-13(2)8-14(3)10-17;1-3-2;;;/h2*5-12H,4H2,1-3H3;1-2H3;2*1H;/q2*-1;;;;+4/p-2. The molecule has 226 valence electrons. The molecule has 0 nitrogen and oxygen atoms in total. The van der Waals surface area contributed by atoms with Crippen LogP contribution in [0.25, 0.3) is 43.8 Å². The molecule has 0 aromatic heterocycles. The van der Waals surface area contributed by atoms with Crippen LogP contribution in [0.3, 0.4) is 0 Å². The first-order valence-electron chi connectivity index (χ1n) is 15.3. The molecule has 0 bridgehead atoms. The number of fused-ring (bicyclic) bond motifs is 2. The molecule has 0 amide bonds. The number of benzene rings is 4. The summed E-state index contributed by atoms with van der Waals surface area (Å²) in [5.41, 5.74) is 13.5. The molecule has 0 heterocycles. The maximum absolute atomic E-state index is 4.93. The molecule has 0 atom stereocenters. The van der Waals surface area contributed by atoms with Crippen molar-refractivity contribution in [3.8, 4) is 22.3 Å². The van der Waals surface area contributed by atoms with Crippen LogP contribution in [0.2, 0.25) is 13.1 Å². The Morgan fingerprint density at radius 1 is 0.568 bits per heavy atom. The summed E-state index contributed by atoms with van der Waals surface area (Å²) in [7, 11) is 11.0. The van der Waals surface area contributed by atoms with E-state index in [0.29, 0.717) is 0 Å². The van der Waals surface area contributed by atoms with E-state index in [-0.39, 0.29) is 0 Å². The third-order valence-electron chi connectivity index (χ3n) is 7.50. The van der Waals surface area contributed by atoms with Crippen molar-refractivity contribution < 1.29 is 20.8 Å².